The van der Waals surface area contributed by atoms with E-state index in [0.29, 0.717) is 0 Å². The summed E-state index contributed by atoms with van der Waals surface area (Å²) in [5.74, 6) is 0. The predicted molar refractivity (Wildman–Crippen MR) is 59.1 cm³/mol. The van der Waals surface area contributed by atoms with Gasteiger partial charge >= 0.3 is 125 Å². The summed E-state index contributed by atoms with van der Waals surface area (Å²) in [5, 5.41) is 0. The van der Waals surface area contributed by atoms with Gasteiger partial charge in [0.15, 0.2) is 0 Å². The van der Waals surface area contributed by atoms with Crippen molar-refractivity contribution >= 4 is 156 Å². The van der Waals surface area contributed by atoms with Crippen molar-refractivity contribution in [1.29, 1.82) is 0 Å². The van der Waals surface area contributed by atoms with Crippen molar-refractivity contribution in [3.63, 3.8) is 0 Å². The van der Waals surface area contributed by atoms with Crippen molar-refractivity contribution < 1.29 is 18.9 Å². The van der Waals surface area contributed by atoms with Gasteiger partial charge in [0.2, 0.25) is 0 Å². The van der Waals surface area contributed by atoms with E-state index in [-0.39, 0.29) is 113 Å². The van der Waals surface area contributed by atoms with E-state index in [9.17, 15) is 4.57 Å². The van der Waals surface area contributed by atoms with E-state index in [1.165, 1.54) is 0 Å². The molecule has 0 fully saturated rings. The second-order valence-electron chi connectivity index (χ2n) is 1.03. The summed E-state index contributed by atoms with van der Waals surface area (Å²) in [6.07, 6.45) is 0. The SMILES string of the molecule is O=P(O)(O)OC(Cl)(Cl)Cl.[CaH2].[CaH2].[CaH2]. The van der Waals surface area contributed by atoms with E-state index >= 15 is 0 Å². The molecule has 0 rings (SSSR count). The van der Waals surface area contributed by atoms with Gasteiger partial charge in [0.25, 0.3) is 0 Å². The fourth-order valence-electron chi connectivity index (χ4n) is 0.135. The summed E-state index contributed by atoms with van der Waals surface area (Å²) in [5.41, 5.74) is 0. The van der Waals surface area contributed by atoms with Crippen LogP contribution in [-0.2, 0) is 9.09 Å². The minimum absolute atomic E-state index is 0. The van der Waals surface area contributed by atoms with Gasteiger partial charge < -0.3 is 9.79 Å². The van der Waals surface area contributed by atoms with Gasteiger partial charge in [-0.2, -0.15) is 0 Å². The standard InChI is InChI=1S/CH2Cl3O4P.3Ca.6H/c2-1(3,4)8-9(5,6)7;;;;;;;;;/h(H2,5,6,7);;;;;;;;;. The Hall–Kier alpha value is 4.76. The number of phosphoric acid groups is 1. The molecule has 0 aliphatic heterocycles. The van der Waals surface area contributed by atoms with Gasteiger partial charge in [0, 0.05) is 0 Å². The predicted octanol–water partition coefficient (Wildman–Crippen LogP) is -1.33. The van der Waals surface area contributed by atoms with Crippen LogP contribution in [0, 0.1) is 0 Å². The molecule has 12 heavy (non-hydrogen) atoms. The third-order valence-electron chi connectivity index (χ3n) is 0.222. The van der Waals surface area contributed by atoms with Crippen LogP contribution in [0.1, 0.15) is 0 Å². The molecule has 0 aromatic heterocycles. The van der Waals surface area contributed by atoms with E-state index < -0.39 is 11.8 Å². The number of halogens is 3. The third kappa shape index (κ3) is 24.1. The van der Waals surface area contributed by atoms with Gasteiger partial charge in [0.1, 0.15) is 0 Å². The first kappa shape index (κ1) is 25.6. The summed E-state index contributed by atoms with van der Waals surface area (Å²) in [4.78, 5) is 16.0. The van der Waals surface area contributed by atoms with Crippen molar-refractivity contribution in [2.75, 3.05) is 0 Å². The van der Waals surface area contributed by atoms with Crippen molar-refractivity contribution in [1.82, 2.24) is 0 Å². The number of hydrogen-bond acceptors (Lipinski definition) is 2. The quantitative estimate of drug-likeness (QED) is 0.352. The topological polar surface area (TPSA) is 66.8 Å². The van der Waals surface area contributed by atoms with Gasteiger partial charge in [-0.1, -0.05) is 34.8 Å². The van der Waals surface area contributed by atoms with E-state index in [4.69, 9.17) is 44.6 Å². The Kier molecular flexibility index (Phi) is 23.2. The van der Waals surface area contributed by atoms with Crippen molar-refractivity contribution in [2.24, 2.45) is 0 Å². The molecule has 0 aromatic rings. The van der Waals surface area contributed by atoms with Crippen molar-refractivity contribution in [2.45, 2.75) is 3.98 Å². The second-order valence-corrected chi connectivity index (χ2v) is 4.37. The molecule has 0 amide bonds. The first-order valence-corrected chi connectivity index (χ1v) is 4.20. The Bertz CT molecular complexity index is 143. The molecule has 0 aliphatic rings. The van der Waals surface area contributed by atoms with Crippen LogP contribution < -0.4 is 0 Å². The Balaban J connectivity index is -0.000000107. The summed E-state index contributed by atoms with van der Waals surface area (Å²) >= 11 is 14.5. The second kappa shape index (κ2) is 10.9. The molecule has 0 unspecified atom stereocenters. The van der Waals surface area contributed by atoms with Crippen LogP contribution in [-0.4, -0.2) is 127 Å². The Labute approximate surface area is 174 Å². The van der Waals surface area contributed by atoms with E-state index in [2.05, 4.69) is 4.52 Å². The Morgan fingerprint density at radius 3 is 1.33 bits per heavy atom. The molecule has 0 bridgehead atoms. The van der Waals surface area contributed by atoms with Crippen LogP contribution in [0.5, 0.6) is 0 Å². The fraction of sp³-hybridized carbons (Fsp3) is 1.00. The zero-order chi connectivity index (χ0) is 7.71. The molecular weight excluding hydrogens is 334 g/mol. The molecule has 0 atom stereocenters. The fourth-order valence-corrected chi connectivity index (χ4v) is 1.21. The minimum atomic E-state index is -4.68. The number of alkyl halides is 3. The summed E-state index contributed by atoms with van der Waals surface area (Å²) in [6, 6.07) is 0. The molecule has 0 aromatic carbocycles. The van der Waals surface area contributed by atoms with Gasteiger partial charge in [-0.25, -0.2) is 9.09 Å². The molecule has 0 aliphatic carbocycles. The molecule has 68 valence electrons. The monoisotopic (exact) mass is 340 g/mol. The summed E-state index contributed by atoms with van der Waals surface area (Å²) in [6.45, 7) is 0. The molecule has 2 N–H and O–H groups in total. The van der Waals surface area contributed by atoms with Crippen molar-refractivity contribution in [3.05, 3.63) is 0 Å². The molecule has 0 radical (unpaired) electrons. The molecule has 11 heteroatoms. The normalized spacial score (nSPS) is 10.4. The van der Waals surface area contributed by atoms with Crippen LogP contribution in [0.4, 0.5) is 0 Å². The van der Waals surface area contributed by atoms with Crippen LogP contribution in [0.25, 0.3) is 0 Å². The van der Waals surface area contributed by atoms with E-state index in [1.807, 2.05) is 0 Å². The number of rotatable bonds is 1. The zero-order valence-corrected chi connectivity index (χ0v) is 6.95. The zero-order valence-electron chi connectivity index (χ0n) is 3.79. The van der Waals surface area contributed by atoms with Crippen LogP contribution >= 0.6 is 42.6 Å². The van der Waals surface area contributed by atoms with Gasteiger partial charge in [0.05, 0.1) is 0 Å². The Morgan fingerprint density at radius 1 is 1.08 bits per heavy atom. The molecular formula is CH8Ca3Cl3O4P. The van der Waals surface area contributed by atoms with Gasteiger partial charge in [-0.15, -0.1) is 0 Å². The average molecular weight is 342 g/mol. The van der Waals surface area contributed by atoms with E-state index in [1.54, 1.807) is 0 Å². The third-order valence-corrected chi connectivity index (χ3v) is 1.29. The van der Waals surface area contributed by atoms with Crippen LogP contribution in [0.2, 0.25) is 0 Å². The van der Waals surface area contributed by atoms with Gasteiger partial charge in [-0.05, 0) is 0 Å². The van der Waals surface area contributed by atoms with Crippen molar-refractivity contribution in [3.8, 4) is 0 Å². The first-order valence-electron chi connectivity index (χ1n) is 1.54. The maximum atomic E-state index is 9.87. The summed E-state index contributed by atoms with van der Waals surface area (Å²) < 4.78 is 11.1. The van der Waals surface area contributed by atoms with E-state index in [0.717, 1.165) is 0 Å². The molecule has 0 saturated carbocycles. The maximum absolute atomic E-state index is 9.87. The number of hydrogen-bond donors (Lipinski definition) is 2. The first-order chi connectivity index (χ1) is 3.71. The van der Waals surface area contributed by atoms with Crippen LogP contribution in [0.15, 0.2) is 0 Å². The molecule has 0 saturated heterocycles. The Morgan fingerprint density at radius 2 is 1.33 bits per heavy atom. The molecule has 0 heterocycles. The average Bonchev–Trinajstić information content (AvgIpc) is 1.14. The van der Waals surface area contributed by atoms with Crippen LogP contribution in [0.3, 0.4) is 0 Å². The number of phosphoric ester groups is 1. The summed E-state index contributed by atoms with van der Waals surface area (Å²) in [7, 11) is -4.68. The molecule has 0 spiro atoms. The van der Waals surface area contributed by atoms with Gasteiger partial charge in [-0.3, -0.25) is 0 Å². The molecule has 4 nitrogen and oxygen atoms in total.